The summed E-state index contributed by atoms with van der Waals surface area (Å²) in [5.74, 6) is 1.38. The highest BCUT2D eigenvalue weighted by molar-refractivity contribution is 7.91. The molecular formula is C19H27F3N4O2S. The van der Waals surface area contributed by atoms with E-state index in [-0.39, 0.29) is 12.1 Å². The lowest BCUT2D eigenvalue weighted by Gasteiger charge is -2.40. The predicted octanol–water partition coefficient (Wildman–Crippen LogP) is 2.75. The van der Waals surface area contributed by atoms with Crippen LogP contribution in [-0.4, -0.2) is 66.5 Å². The van der Waals surface area contributed by atoms with Crippen LogP contribution in [0.4, 0.5) is 19.0 Å². The van der Waals surface area contributed by atoms with E-state index < -0.39 is 21.7 Å². The Labute approximate surface area is 169 Å². The molecule has 2 saturated heterocycles. The summed E-state index contributed by atoms with van der Waals surface area (Å²) in [6.07, 6.45) is 1.75. The number of hydrogen-bond donors (Lipinski definition) is 0. The maximum Gasteiger partial charge on any atom is 0.433 e. The van der Waals surface area contributed by atoms with Crippen LogP contribution >= 0.6 is 0 Å². The molecule has 0 radical (unpaired) electrons. The fourth-order valence-corrected chi connectivity index (χ4v) is 6.12. The van der Waals surface area contributed by atoms with Gasteiger partial charge in [0.05, 0.1) is 11.5 Å². The number of hydrogen-bond acceptors (Lipinski definition) is 6. The van der Waals surface area contributed by atoms with Gasteiger partial charge < -0.3 is 9.80 Å². The molecule has 0 amide bonds. The van der Waals surface area contributed by atoms with Gasteiger partial charge in [-0.25, -0.2) is 18.4 Å². The fourth-order valence-electron chi connectivity index (χ4n) is 4.53. The summed E-state index contributed by atoms with van der Waals surface area (Å²) >= 11 is 0. The van der Waals surface area contributed by atoms with Crippen molar-refractivity contribution in [3.63, 3.8) is 0 Å². The molecule has 162 valence electrons. The predicted molar refractivity (Wildman–Crippen MR) is 103 cm³/mol. The Balaban J connectivity index is 1.36. The van der Waals surface area contributed by atoms with Gasteiger partial charge in [0.2, 0.25) is 0 Å². The Morgan fingerprint density at radius 1 is 1.00 bits per heavy atom. The molecule has 1 aromatic heterocycles. The van der Waals surface area contributed by atoms with Crippen molar-refractivity contribution in [2.24, 2.45) is 5.92 Å². The molecule has 0 bridgehead atoms. The molecule has 3 aliphatic rings. The number of piperidine rings is 1. The molecular weight excluding hydrogens is 405 g/mol. The standard InChI is InChI=1S/C19H27F3N4O2S/c20-19(21,22)17-11-18(24-13-23-17)26(15-1-2-15)16-3-7-25(8-4-16)12-14-5-9-29(27,28)10-6-14/h11,13-16H,1-10,12H2. The number of likely N-dealkylation sites (tertiary alicyclic amines) is 1. The summed E-state index contributed by atoms with van der Waals surface area (Å²) in [6, 6.07) is 1.53. The number of aromatic nitrogens is 2. The highest BCUT2D eigenvalue weighted by Crippen LogP contribution is 2.37. The molecule has 0 spiro atoms. The van der Waals surface area contributed by atoms with Crippen LogP contribution in [-0.2, 0) is 16.0 Å². The van der Waals surface area contributed by atoms with Gasteiger partial charge in [-0.15, -0.1) is 0 Å². The number of halogens is 3. The van der Waals surface area contributed by atoms with Crippen LogP contribution in [0.2, 0.25) is 0 Å². The zero-order chi connectivity index (χ0) is 20.6. The molecule has 29 heavy (non-hydrogen) atoms. The molecule has 0 atom stereocenters. The van der Waals surface area contributed by atoms with E-state index in [1.54, 1.807) is 0 Å². The molecule has 10 heteroatoms. The molecule has 1 aliphatic carbocycles. The second kappa shape index (κ2) is 8.02. The molecule has 6 nitrogen and oxygen atoms in total. The zero-order valence-electron chi connectivity index (χ0n) is 16.3. The Bertz CT molecular complexity index is 807. The van der Waals surface area contributed by atoms with E-state index in [0.29, 0.717) is 23.2 Å². The minimum absolute atomic E-state index is 0.182. The van der Waals surface area contributed by atoms with Gasteiger partial charge in [0.1, 0.15) is 27.7 Å². The monoisotopic (exact) mass is 432 g/mol. The lowest BCUT2D eigenvalue weighted by Crippen LogP contribution is -2.47. The molecule has 0 N–H and O–H groups in total. The average Bonchev–Trinajstić information content (AvgIpc) is 3.50. The molecule has 0 unspecified atom stereocenters. The van der Waals surface area contributed by atoms with Gasteiger partial charge in [-0.3, -0.25) is 0 Å². The summed E-state index contributed by atoms with van der Waals surface area (Å²) in [4.78, 5) is 12.0. The lowest BCUT2D eigenvalue weighted by molar-refractivity contribution is -0.141. The third kappa shape index (κ3) is 5.20. The van der Waals surface area contributed by atoms with Crippen molar-refractivity contribution in [3.8, 4) is 0 Å². The fraction of sp³-hybridized carbons (Fsp3) is 0.789. The third-order valence-electron chi connectivity index (χ3n) is 6.29. The van der Waals surface area contributed by atoms with E-state index in [4.69, 9.17) is 0 Å². The highest BCUT2D eigenvalue weighted by atomic mass is 32.2. The van der Waals surface area contributed by atoms with Crippen molar-refractivity contribution in [1.29, 1.82) is 0 Å². The van der Waals surface area contributed by atoms with E-state index in [9.17, 15) is 21.6 Å². The maximum atomic E-state index is 13.1. The summed E-state index contributed by atoms with van der Waals surface area (Å²) in [5, 5.41) is 0. The first-order valence-electron chi connectivity index (χ1n) is 10.3. The van der Waals surface area contributed by atoms with Gasteiger partial charge in [0.25, 0.3) is 0 Å². The van der Waals surface area contributed by atoms with Gasteiger partial charge in [0.15, 0.2) is 0 Å². The van der Waals surface area contributed by atoms with Gasteiger partial charge >= 0.3 is 6.18 Å². The summed E-state index contributed by atoms with van der Waals surface area (Å²) in [6.45, 7) is 2.68. The Morgan fingerprint density at radius 2 is 1.62 bits per heavy atom. The second-order valence-corrected chi connectivity index (χ2v) is 10.8. The Hall–Kier alpha value is -1.42. The van der Waals surface area contributed by atoms with Gasteiger partial charge in [0, 0.05) is 37.8 Å². The van der Waals surface area contributed by atoms with E-state index in [0.717, 1.165) is 70.6 Å². The summed E-state index contributed by atoms with van der Waals surface area (Å²) < 4.78 is 62.4. The number of nitrogens with zero attached hydrogens (tertiary/aromatic N) is 4. The van der Waals surface area contributed by atoms with Crippen LogP contribution < -0.4 is 4.90 Å². The molecule has 1 saturated carbocycles. The largest absolute Gasteiger partial charge is 0.433 e. The van der Waals surface area contributed by atoms with Gasteiger partial charge in [-0.2, -0.15) is 13.2 Å². The van der Waals surface area contributed by atoms with Crippen molar-refractivity contribution < 1.29 is 21.6 Å². The van der Waals surface area contributed by atoms with Gasteiger partial charge in [-0.1, -0.05) is 0 Å². The quantitative estimate of drug-likeness (QED) is 0.713. The van der Waals surface area contributed by atoms with Crippen molar-refractivity contribution >= 4 is 15.7 Å². The second-order valence-electron chi connectivity index (χ2n) is 8.52. The molecule has 4 rings (SSSR count). The first-order chi connectivity index (χ1) is 13.7. The van der Waals surface area contributed by atoms with Crippen LogP contribution in [0.3, 0.4) is 0 Å². The average molecular weight is 433 g/mol. The van der Waals surface area contributed by atoms with Crippen molar-refractivity contribution in [2.75, 3.05) is 36.0 Å². The molecule has 0 aromatic carbocycles. The van der Waals surface area contributed by atoms with Crippen molar-refractivity contribution in [2.45, 2.75) is 56.8 Å². The number of sulfone groups is 1. The minimum atomic E-state index is -4.47. The zero-order valence-corrected chi connectivity index (χ0v) is 17.1. The Morgan fingerprint density at radius 3 is 2.21 bits per heavy atom. The number of rotatable bonds is 5. The molecule has 3 heterocycles. The van der Waals surface area contributed by atoms with Crippen molar-refractivity contribution in [1.82, 2.24) is 14.9 Å². The van der Waals surface area contributed by atoms with Gasteiger partial charge in [-0.05, 0) is 44.4 Å². The first-order valence-corrected chi connectivity index (χ1v) is 12.1. The molecule has 2 aliphatic heterocycles. The van der Waals surface area contributed by atoms with E-state index >= 15 is 0 Å². The normalized spacial score (nSPS) is 24.5. The van der Waals surface area contributed by atoms with E-state index in [2.05, 4.69) is 19.8 Å². The van der Waals surface area contributed by atoms with Crippen LogP contribution in [0.5, 0.6) is 0 Å². The first kappa shape index (κ1) is 20.8. The third-order valence-corrected chi connectivity index (χ3v) is 8.00. The lowest BCUT2D eigenvalue weighted by atomic mass is 9.98. The summed E-state index contributed by atoms with van der Waals surface area (Å²) in [5.41, 5.74) is -0.891. The number of alkyl halides is 3. The molecule has 3 fully saturated rings. The van der Waals surface area contributed by atoms with E-state index in [1.165, 1.54) is 0 Å². The number of anilines is 1. The van der Waals surface area contributed by atoms with Crippen LogP contribution in [0.15, 0.2) is 12.4 Å². The highest BCUT2D eigenvalue weighted by Gasteiger charge is 2.39. The van der Waals surface area contributed by atoms with Crippen LogP contribution in [0.1, 0.15) is 44.2 Å². The van der Waals surface area contributed by atoms with E-state index in [1.807, 2.05) is 0 Å². The topological polar surface area (TPSA) is 66.4 Å². The molecule has 1 aromatic rings. The smallest absolute Gasteiger partial charge is 0.350 e. The maximum absolute atomic E-state index is 13.1. The Kier molecular flexibility index (Phi) is 5.76. The SMILES string of the molecule is O=S1(=O)CCC(CN2CCC(N(c3cc(C(F)(F)F)ncn3)C3CC3)CC2)CC1. The minimum Gasteiger partial charge on any atom is -0.350 e. The van der Waals surface area contributed by atoms with Crippen LogP contribution in [0.25, 0.3) is 0 Å². The summed E-state index contributed by atoms with van der Waals surface area (Å²) in [7, 11) is -2.84. The van der Waals surface area contributed by atoms with Crippen molar-refractivity contribution in [3.05, 3.63) is 18.1 Å². The van der Waals surface area contributed by atoms with Crippen LogP contribution in [0, 0.1) is 5.92 Å².